The Morgan fingerprint density at radius 1 is 1.09 bits per heavy atom. The minimum Gasteiger partial charge on any atom is -0.361 e. The van der Waals surface area contributed by atoms with Gasteiger partial charge in [0, 0.05) is 35.6 Å². The van der Waals surface area contributed by atoms with Gasteiger partial charge in [-0.25, -0.2) is 0 Å². The summed E-state index contributed by atoms with van der Waals surface area (Å²) in [4.78, 5) is 29.7. The topological polar surface area (TPSA) is 53.2 Å². The number of amides is 1. The summed E-state index contributed by atoms with van der Waals surface area (Å²) in [6.07, 6.45) is 2.60. The zero-order chi connectivity index (χ0) is 15.8. The first-order chi connectivity index (χ1) is 11.2. The van der Waals surface area contributed by atoms with Crippen LogP contribution in [-0.4, -0.2) is 23.2 Å². The number of carbonyl (C=O) groups excluding carboxylic acids is 2. The van der Waals surface area contributed by atoms with E-state index in [1.165, 1.54) is 0 Å². The molecule has 4 nitrogen and oxygen atoms in total. The van der Waals surface area contributed by atoms with Gasteiger partial charge in [-0.2, -0.15) is 0 Å². The monoisotopic (exact) mass is 304 g/mol. The maximum Gasteiger partial charge on any atom is 0.231 e. The highest BCUT2D eigenvalue weighted by Crippen LogP contribution is 2.28. The molecule has 4 rings (SSSR count). The van der Waals surface area contributed by atoms with E-state index in [1.807, 2.05) is 48.7 Å². The van der Waals surface area contributed by atoms with E-state index in [1.54, 1.807) is 11.0 Å². The van der Waals surface area contributed by atoms with E-state index >= 15 is 0 Å². The van der Waals surface area contributed by atoms with E-state index in [9.17, 15) is 9.59 Å². The molecule has 0 spiro atoms. The van der Waals surface area contributed by atoms with Crippen LogP contribution in [0.25, 0.3) is 10.9 Å². The predicted octanol–water partition coefficient (Wildman–Crippen LogP) is 3.33. The van der Waals surface area contributed by atoms with Crippen LogP contribution < -0.4 is 4.90 Å². The Morgan fingerprint density at radius 3 is 2.78 bits per heavy atom. The van der Waals surface area contributed by atoms with Crippen molar-refractivity contribution in [3.63, 3.8) is 0 Å². The molecule has 0 fully saturated rings. The molecule has 2 aromatic carbocycles. The second-order valence-corrected chi connectivity index (χ2v) is 5.77. The van der Waals surface area contributed by atoms with Crippen LogP contribution in [0.5, 0.6) is 0 Å². The van der Waals surface area contributed by atoms with Crippen LogP contribution in [0.15, 0.2) is 54.7 Å². The van der Waals surface area contributed by atoms with Crippen molar-refractivity contribution in [2.45, 2.75) is 12.8 Å². The molecule has 1 N–H and O–H groups in total. The van der Waals surface area contributed by atoms with Crippen molar-refractivity contribution in [1.29, 1.82) is 0 Å². The Bertz CT molecular complexity index is 910. The Hall–Kier alpha value is -2.88. The number of hydrogen-bond acceptors (Lipinski definition) is 2. The van der Waals surface area contributed by atoms with Gasteiger partial charge in [0.05, 0.1) is 12.1 Å². The highest BCUT2D eigenvalue weighted by molar-refractivity contribution is 6.09. The third-order valence-electron chi connectivity index (χ3n) is 4.38. The zero-order valence-corrected chi connectivity index (χ0v) is 12.6. The summed E-state index contributed by atoms with van der Waals surface area (Å²) in [7, 11) is 0. The maximum absolute atomic E-state index is 12.8. The molecule has 0 atom stereocenters. The minimum absolute atomic E-state index is 0.0229. The van der Waals surface area contributed by atoms with Crippen LogP contribution >= 0.6 is 0 Å². The SMILES string of the molecule is O=C1CCN(C(=O)Cc2c[nH]c3ccccc23)c2ccccc21. The Morgan fingerprint density at radius 2 is 1.87 bits per heavy atom. The van der Waals surface area contributed by atoms with Gasteiger partial charge in [-0.05, 0) is 23.8 Å². The van der Waals surface area contributed by atoms with Crippen LogP contribution in [0.2, 0.25) is 0 Å². The lowest BCUT2D eigenvalue weighted by molar-refractivity contribution is -0.118. The van der Waals surface area contributed by atoms with E-state index < -0.39 is 0 Å². The summed E-state index contributed by atoms with van der Waals surface area (Å²) in [6, 6.07) is 15.3. The molecule has 3 aromatic rings. The fourth-order valence-electron chi connectivity index (χ4n) is 3.21. The van der Waals surface area contributed by atoms with Crippen LogP contribution in [0.4, 0.5) is 5.69 Å². The summed E-state index contributed by atoms with van der Waals surface area (Å²) in [6.45, 7) is 0.455. The molecule has 2 heterocycles. The third kappa shape index (κ3) is 2.32. The van der Waals surface area contributed by atoms with Crippen LogP contribution in [0.1, 0.15) is 22.3 Å². The number of para-hydroxylation sites is 2. The smallest absolute Gasteiger partial charge is 0.231 e. The first-order valence-electron chi connectivity index (χ1n) is 7.71. The van der Waals surface area contributed by atoms with E-state index in [4.69, 9.17) is 0 Å². The normalized spacial score (nSPS) is 14.1. The number of aromatic amines is 1. The van der Waals surface area contributed by atoms with Crippen molar-refractivity contribution in [3.8, 4) is 0 Å². The fraction of sp³-hybridized carbons (Fsp3) is 0.158. The first kappa shape index (κ1) is 13.8. The summed E-state index contributed by atoms with van der Waals surface area (Å²) < 4.78 is 0. The van der Waals surface area contributed by atoms with Gasteiger partial charge in [-0.3, -0.25) is 9.59 Å². The summed E-state index contributed by atoms with van der Waals surface area (Å²) in [5.41, 5.74) is 3.39. The fourth-order valence-corrected chi connectivity index (χ4v) is 3.21. The largest absolute Gasteiger partial charge is 0.361 e. The molecule has 1 aromatic heterocycles. The number of carbonyl (C=O) groups is 2. The standard InChI is InChI=1S/C19H16N2O2/c22-18-9-10-21(17-8-4-2-6-15(17)18)19(23)11-13-12-20-16-7-3-1-5-14(13)16/h1-8,12,20H,9-11H2. The van der Waals surface area contributed by atoms with Gasteiger partial charge in [-0.15, -0.1) is 0 Å². The van der Waals surface area contributed by atoms with E-state index in [0.29, 0.717) is 24.9 Å². The molecule has 0 bridgehead atoms. The number of benzene rings is 2. The van der Waals surface area contributed by atoms with Gasteiger partial charge in [0.2, 0.25) is 5.91 Å². The lowest BCUT2D eigenvalue weighted by Crippen LogP contribution is -2.38. The number of hydrogen-bond donors (Lipinski definition) is 1. The molecule has 4 heteroatoms. The van der Waals surface area contributed by atoms with Gasteiger partial charge in [-0.1, -0.05) is 30.3 Å². The Balaban J connectivity index is 1.65. The number of H-pyrrole nitrogens is 1. The van der Waals surface area contributed by atoms with Crippen LogP contribution in [-0.2, 0) is 11.2 Å². The Kier molecular flexibility index (Phi) is 3.23. The average molecular weight is 304 g/mol. The molecule has 114 valence electrons. The first-order valence-corrected chi connectivity index (χ1v) is 7.71. The molecule has 0 saturated carbocycles. The van der Waals surface area contributed by atoms with Crippen molar-refractivity contribution >= 4 is 28.3 Å². The average Bonchev–Trinajstić information content (AvgIpc) is 2.98. The lowest BCUT2D eigenvalue weighted by atomic mass is 9.99. The van der Waals surface area contributed by atoms with Crippen LogP contribution in [0.3, 0.4) is 0 Å². The van der Waals surface area contributed by atoms with E-state index in [-0.39, 0.29) is 11.7 Å². The number of aromatic nitrogens is 1. The van der Waals surface area contributed by atoms with Gasteiger partial charge < -0.3 is 9.88 Å². The molecule has 0 unspecified atom stereocenters. The number of nitrogens with one attached hydrogen (secondary N) is 1. The maximum atomic E-state index is 12.8. The number of anilines is 1. The number of rotatable bonds is 2. The van der Waals surface area contributed by atoms with Crippen molar-refractivity contribution in [1.82, 2.24) is 4.98 Å². The second kappa shape index (κ2) is 5.39. The molecule has 1 aliphatic heterocycles. The van der Waals surface area contributed by atoms with Gasteiger partial charge in [0.15, 0.2) is 5.78 Å². The molecular weight excluding hydrogens is 288 g/mol. The molecule has 0 aliphatic carbocycles. The van der Waals surface area contributed by atoms with E-state index in [2.05, 4.69) is 4.98 Å². The Labute approximate surface area is 133 Å². The molecular formula is C19H16N2O2. The van der Waals surface area contributed by atoms with Gasteiger partial charge >= 0.3 is 0 Å². The molecule has 23 heavy (non-hydrogen) atoms. The molecule has 1 aliphatic rings. The number of Topliss-reactive ketones (excluding diaryl/α,β-unsaturated/α-hetero) is 1. The van der Waals surface area contributed by atoms with Crippen molar-refractivity contribution in [2.24, 2.45) is 0 Å². The minimum atomic E-state index is 0.0229. The third-order valence-corrected chi connectivity index (χ3v) is 4.38. The predicted molar refractivity (Wildman–Crippen MR) is 89.7 cm³/mol. The van der Waals surface area contributed by atoms with Crippen molar-refractivity contribution < 1.29 is 9.59 Å². The summed E-state index contributed by atoms with van der Waals surface area (Å²) in [5, 5.41) is 1.07. The van der Waals surface area contributed by atoms with Crippen LogP contribution in [0, 0.1) is 0 Å². The highest BCUT2D eigenvalue weighted by Gasteiger charge is 2.27. The lowest BCUT2D eigenvalue weighted by Gasteiger charge is -2.28. The number of ketones is 1. The summed E-state index contributed by atoms with van der Waals surface area (Å²) in [5.74, 6) is 0.131. The zero-order valence-electron chi connectivity index (χ0n) is 12.6. The van der Waals surface area contributed by atoms with E-state index in [0.717, 1.165) is 22.2 Å². The van der Waals surface area contributed by atoms with Gasteiger partial charge in [0.25, 0.3) is 0 Å². The molecule has 0 saturated heterocycles. The highest BCUT2D eigenvalue weighted by atomic mass is 16.2. The molecule has 0 radical (unpaired) electrons. The number of fused-ring (bicyclic) bond motifs is 2. The quantitative estimate of drug-likeness (QED) is 0.789. The molecule has 1 amide bonds. The summed E-state index contributed by atoms with van der Waals surface area (Å²) >= 11 is 0. The van der Waals surface area contributed by atoms with Gasteiger partial charge in [0.1, 0.15) is 0 Å². The second-order valence-electron chi connectivity index (χ2n) is 5.77. The van der Waals surface area contributed by atoms with Crippen molar-refractivity contribution in [3.05, 3.63) is 65.9 Å². The van der Waals surface area contributed by atoms with Crippen molar-refractivity contribution in [2.75, 3.05) is 11.4 Å². The number of nitrogens with zero attached hydrogens (tertiary/aromatic N) is 1.